The van der Waals surface area contributed by atoms with Crippen molar-refractivity contribution in [1.29, 1.82) is 0 Å². The molecule has 62 heavy (non-hydrogen) atoms. The molecule has 3 aliphatic rings. The number of likely N-dealkylation sites (tertiary alicyclic amines) is 1. The topological polar surface area (TPSA) is 175 Å². The van der Waals surface area contributed by atoms with E-state index in [2.05, 4.69) is 105 Å². The summed E-state index contributed by atoms with van der Waals surface area (Å²) in [5.74, 6) is 1.75. The number of aromatic amines is 2. The number of nitrogens with zero attached hydrogens (tertiary/aromatic N) is 4. The maximum Gasteiger partial charge on any atom is 0.407 e. The van der Waals surface area contributed by atoms with Crippen LogP contribution in [0.5, 0.6) is 0 Å². The van der Waals surface area contributed by atoms with Gasteiger partial charge in [0.2, 0.25) is 11.8 Å². The Morgan fingerprint density at radius 1 is 0.790 bits per heavy atom. The molecule has 5 aromatic rings. The zero-order chi connectivity index (χ0) is 44.8. The highest BCUT2D eigenvalue weighted by molar-refractivity contribution is 6.78. The van der Waals surface area contributed by atoms with Gasteiger partial charge in [-0.05, 0) is 79.1 Å². The van der Waals surface area contributed by atoms with Crippen LogP contribution >= 0.6 is 11.6 Å². The van der Waals surface area contributed by atoms with Crippen LogP contribution in [0.2, 0.25) is 24.3 Å². The van der Waals surface area contributed by atoms with Crippen molar-refractivity contribution in [2.24, 2.45) is 17.8 Å². The number of rotatable bonds is 9. The van der Waals surface area contributed by atoms with Crippen molar-refractivity contribution in [3.8, 4) is 11.1 Å². The number of methoxy groups -OCH3 is 2. The molecule has 2 aliphatic heterocycles. The number of aromatic nitrogens is 4. The Morgan fingerprint density at radius 2 is 1.40 bits per heavy atom. The van der Waals surface area contributed by atoms with Gasteiger partial charge in [-0.3, -0.25) is 9.59 Å². The van der Waals surface area contributed by atoms with Crippen molar-refractivity contribution < 1.29 is 28.7 Å². The van der Waals surface area contributed by atoms with E-state index in [1.807, 2.05) is 44.4 Å². The van der Waals surface area contributed by atoms with Gasteiger partial charge in [-0.25, -0.2) is 19.6 Å². The van der Waals surface area contributed by atoms with Gasteiger partial charge in [-0.1, -0.05) is 100 Å². The summed E-state index contributed by atoms with van der Waals surface area (Å²) in [6.45, 7) is 16.2. The molecule has 0 unspecified atom stereocenters. The number of piperidine rings is 1. The molecule has 4 heterocycles. The third-order valence-corrected chi connectivity index (χ3v) is 15.5. The third-order valence-electron chi connectivity index (χ3n) is 12.5. The van der Waals surface area contributed by atoms with Crippen LogP contribution in [0.4, 0.5) is 9.59 Å². The molecule has 6 atom stereocenters. The van der Waals surface area contributed by atoms with Gasteiger partial charge >= 0.3 is 12.2 Å². The Bertz CT molecular complexity index is 2460. The van der Waals surface area contributed by atoms with Crippen LogP contribution in [0.15, 0.2) is 54.6 Å². The molecule has 16 heteroatoms. The largest absolute Gasteiger partial charge is 0.453 e. The number of nitrogens with one attached hydrogen (secondary N) is 4. The van der Waals surface area contributed by atoms with Crippen molar-refractivity contribution >= 4 is 65.5 Å². The van der Waals surface area contributed by atoms with E-state index in [9.17, 15) is 19.2 Å². The second kappa shape index (κ2) is 17.8. The van der Waals surface area contributed by atoms with Crippen molar-refractivity contribution in [3.05, 3.63) is 82.7 Å². The van der Waals surface area contributed by atoms with Gasteiger partial charge in [-0.2, -0.15) is 0 Å². The first kappa shape index (κ1) is 44.6. The number of H-pyrrole nitrogens is 2. The van der Waals surface area contributed by atoms with Crippen LogP contribution in [-0.2, 0) is 19.1 Å². The molecule has 330 valence electrons. The van der Waals surface area contributed by atoms with Crippen LogP contribution in [0.25, 0.3) is 32.9 Å². The summed E-state index contributed by atoms with van der Waals surface area (Å²) in [6.07, 6.45) is 1.42. The average Bonchev–Trinajstić information content (AvgIpc) is 3.52. The molecule has 3 aromatic carbocycles. The molecule has 0 radical (unpaired) electrons. The van der Waals surface area contributed by atoms with Gasteiger partial charge in [0.1, 0.15) is 28.9 Å². The van der Waals surface area contributed by atoms with E-state index in [1.54, 1.807) is 0 Å². The van der Waals surface area contributed by atoms with Crippen LogP contribution in [0.3, 0.4) is 0 Å². The smallest absolute Gasteiger partial charge is 0.407 e. The fourth-order valence-corrected chi connectivity index (χ4v) is 12.1. The molecule has 1 saturated carbocycles. The summed E-state index contributed by atoms with van der Waals surface area (Å²) in [5.41, 5.74) is 6.28. The molecule has 3 fully saturated rings. The lowest BCUT2D eigenvalue weighted by molar-refractivity contribution is -0.137. The van der Waals surface area contributed by atoms with E-state index < -0.39 is 32.3 Å². The summed E-state index contributed by atoms with van der Waals surface area (Å²) < 4.78 is 9.44. The molecular formula is C46H59ClN8O6Si. The molecular weight excluding hydrogens is 824 g/mol. The van der Waals surface area contributed by atoms with Crippen LogP contribution < -0.4 is 10.6 Å². The summed E-state index contributed by atoms with van der Waals surface area (Å²) in [5, 5.41) is 8.06. The first-order chi connectivity index (χ1) is 29.4. The average molecular weight is 884 g/mol. The maximum atomic E-state index is 13.8. The first-order valence-electron chi connectivity index (χ1n) is 21.4. The number of halogens is 1. The number of hydrogen-bond donors (Lipinski definition) is 4. The van der Waals surface area contributed by atoms with Gasteiger partial charge in [0.15, 0.2) is 0 Å². The number of carbonyl (C=O) groups excluding carboxylic acids is 4. The number of aryl methyl sites for hydroxylation is 2. The number of fused-ring (bicyclic) bond motifs is 4. The van der Waals surface area contributed by atoms with Gasteiger partial charge in [-0.15, -0.1) is 0 Å². The van der Waals surface area contributed by atoms with E-state index in [1.165, 1.54) is 30.9 Å². The maximum absolute atomic E-state index is 13.8. The van der Waals surface area contributed by atoms with E-state index in [0.29, 0.717) is 11.1 Å². The molecule has 1 aliphatic carbocycles. The molecule has 0 bridgehead atoms. The number of amides is 4. The summed E-state index contributed by atoms with van der Waals surface area (Å²) in [7, 11) is 0.915. The van der Waals surface area contributed by atoms with Crippen molar-refractivity contribution in [3.63, 3.8) is 0 Å². The van der Waals surface area contributed by atoms with Gasteiger partial charge in [0.25, 0.3) is 0 Å². The van der Waals surface area contributed by atoms with Crippen molar-refractivity contribution in [2.75, 3.05) is 20.4 Å². The minimum absolute atomic E-state index is 0.0445. The Labute approximate surface area is 368 Å². The van der Waals surface area contributed by atoms with Crippen molar-refractivity contribution in [1.82, 2.24) is 40.4 Å². The molecule has 0 spiro atoms. The second-order valence-corrected chi connectivity index (χ2v) is 24.0. The molecule has 2 aromatic heterocycles. The molecule has 8 rings (SSSR count). The number of carbonyl (C=O) groups is 4. The number of alkyl carbamates (subject to hydrolysis) is 2. The monoisotopic (exact) mass is 882 g/mol. The Kier molecular flexibility index (Phi) is 12.8. The molecule has 2 saturated heterocycles. The third kappa shape index (κ3) is 9.19. The fourth-order valence-electron chi connectivity index (χ4n) is 9.02. The minimum atomic E-state index is -1.69. The van der Waals surface area contributed by atoms with Crippen molar-refractivity contribution in [2.45, 2.75) is 104 Å². The van der Waals surface area contributed by atoms with Gasteiger partial charge in [0, 0.05) is 17.6 Å². The normalized spacial score (nSPS) is 21.0. The summed E-state index contributed by atoms with van der Waals surface area (Å²) in [4.78, 5) is 70.4. The van der Waals surface area contributed by atoms with Crippen LogP contribution in [0.1, 0.15) is 75.5 Å². The summed E-state index contributed by atoms with van der Waals surface area (Å²) >= 11 is 6.06. The van der Waals surface area contributed by atoms with Gasteiger partial charge < -0.3 is 39.9 Å². The first-order valence-corrected chi connectivity index (χ1v) is 25.2. The predicted molar refractivity (Wildman–Crippen MR) is 243 cm³/mol. The quantitative estimate of drug-likeness (QED) is 0.107. The highest BCUT2D eigenvalue weighted by Crippen LogP contribution is 2.53. The van der Waals surface area contributed by atoms with Crippen LogP contribution in [0, 0.1) is 31.6 Å². The number of ether oxygens (including phenoxy) is 2. The SMILES string of the molecule is COC(=O)N[C@H](C(=O)N1C[Si](C)(C)C[C@H]1c1nc2c(ccc3cc(-c4ccc(C)cc4)ccc32)[nH]1)C(C)C.COC(=O)N[C@H](C(=O)N1[C@@H]2C[C@@H]2C[C@H]1c1nc(Cl)c(C)[nH]1)C(C)C. The highest BCUT2D eigenvalue weighted by Gasteiger charge is 2.56. The lowest BCUT2D eigenvalue weighted by atomic mass is 10.00. The predicted octanol–water partition coefficient (Wildman–Crippen LogP) is 8.62. The molecule has 14 nitrogen and oxygen atoms in total. The Morgan fingerprint density at radius 3 is 2.00 bits per heavy atom. The lowest BCUT2D eigenvalue weighted by Gasteiger charge is -2.31. The van der Waals surface area contributed by atoms with E-state index in [-0.39, 0.29) is 41.8 Å². The zero-order valence-electron chi connectivity index (χ0n) is 37.3. The second-order valence-electron chi connectivity index (χ2n) is 18.5. The minimum Gasteiger partial charge on any atom is -0.453 e. The van der Waals surface area contributed by atoms with E-state index >= 15 is 0 Å². The highest BCUT2D eigenvalue weighted by atomic mass is 35.5. The number of hydrogen-bond acceptors (Lipinski definition) is 8. The zero-order valence-corrected chi connectivity index (χ0v) is 39.0. The summed E-state index contributed by atoms with van der Waals surface area (Å²) in [6, 6.07) is 18.9. The van der Waals surface area contributed by atoms with E-state index in [4.69, 9.17) is 21.3 Å². The lowest BCUT2D eigenvalue weighted by Crippen LogP contribution is -2.52. The molecule has 4 amide bonds. The Hall–Kier alpha value is -5.41. The molecule has 4 N–H and O–H groups in total. The fraction of sp³-hybridized carbons (Fsp3) is 0.478. The number of benzene rings is 3. The van der Waals surface area contributed by atoms with Gasteiger partial charge in [0.05, 0.1) is 51.1 Å². The standard InChI is InChI=1S/C30H36N4O3Si.C16H23ClN4O3/c1-18(2)26(33-30(36)37-4)29(35)34-17-38(5,6)16-25(34)28-31-24-14-12-22-15-21(11-13-23(22)27(24)32-28)20-9-7-19(3)8-10-20;1-7(2)12(19-16(23)24-4)15(22)21-10-5-9(10)6-11(21)14-18-8(3)13(17)20-14/h7-15,18,25-26H,16-17H2,1-6H3,(H,31,32)(H,33,36);7,9-12H,5-6H2,1-4H3,(H,18,20)(H,19,23)/t25-,26-;9-,10-,11+,12+/m01/s1. The Balaban J connectivity index is 0.000000207. The van der Waals surface area contributed by atoms with E-state index in [0.717, 1.165) is 64.2 Å². The van der Waals surface area contributed by atoms with Crippen LogP contribution in [-0.4, -0.2) is 100 Å². The number of imidazole rings is 2.